The van der Waals surface area contributed by atoms with Crippen molar-refractivity contribution in [2.75, 3.05) is 32.0 Å². The zero-order valence-corrected chi connectivity index (χ0v) is 18.3. The van der Waals surface area contributed by atoms with Crippen LogP contribution in [0.5, 0.6) is 5.75 Å². The van der Waals surface area contributed by atoms with Gasteiger partial charge in [0.25, 0.3) is 6.43 Å². The van der Waals surface area contributed by atoms with Gasteiger partial charge in [0.15, 0.2) is 11.6 Å². The third-order valence-electron chi connectivity index (χ3n) is 7.06. The lowest BCUT2D eigenvalue weighted by Gasteiger charge is -2.28. The highest BCUT2D eigenvalue weighted by Crippen LogP contribution is 2.64. The zero-order chi connectivity index (χ0) is 24.0. The number of rotatable bonds is 6. The molecule has 1 aliphatic heterocycles. The minimum atomic E-state index is -4.93. The molecule has 0 spiro atoms. The Kier molecular flexibility index (Phi) is 6.13. The first-order valence-electron chi connectivity index (χ1n) is 11.4. The van der Waals surface area contributed by atoms with E-state index in [9.17, 15) is 22.0 Å². The lowest BCUT2D eigenvalue weighted by Crippen LogP contribution is -2.36. The molecular weight excluding hydrogens is 461 g/mol. The van der Waals surface area contributed by atoms with Gasteiger partial charge >= 0.3 is 6.36 Å². The molecule has 0 unspecified atom stereocenters. The molecule has 0 bridgehead atoms. The molecule has 1 saturated heterocycles. The molecule has 2 aromatic rings. The molecule has 2 aliphatic carbocycles. The van der Waals surface area contributed by atoms with Crippen molar-refractivity contribution < 1.29 is 31.4 Å². The maximum absolute atomic E-state index is 13.3. The quantitative estimate of drug-likeness (QED) is 0.623. The predicted molar refractivity (Wildman–Crippen MR) is 112 cm³/mol. The van der Waals surface area contributed by atoms with E-state index in [0.717, 1.165) is 51.6 Å². The number of nitrogens with two attached hydrogens (primary N) is 1. The standard InChI is InChI=1S/C22H26F5N5O2/c23-19(24)11-32-17(20-14-7-13(8-15(14)20)31-2-1-4-33-5-3-31)9-16(30-32)12-6-18(21(28)29-10-12)34-22(25,26)27/h6,9-10,13-15,19-20H,1-5,7-8,11H2,(H2,28,29)/t13-,14-,15+,20+. The highest BCUT2D eigenvalue weighted by atomic mass is 19.4. The van der Waals surface area contributed by atoms with Crippen LogP contribution < -0.4 is 10.5 Å². The van der Waals surface area contributed by atoms with Gasteiger partial charge in [-0.3, -0.25) is 9.58 Å². The van der Waals surface area contributed by atoms with Gasteiger partial charge in [0, 0.05) is 49.1 Å². The smallest absolute Gasteiger partial charge is 0.402 e. The lowest BCUT2D eigenvalue weighted by atomic mass is 10.0. The summed E-state index contributed by atoms with van der Waals surface area (Å²) >= 11 is 0. The molecule has 0 amide bonds. The van der Waals surface area contributed by atoms with Gasteiger partial charge in [0.1, 0.15) is 6.54 Å². The normalized spacial score (nSPS) is 27.6. The van der Waals surface area contributed by atoms with Crippen molar-refractivity contribution >= 4 is 5.82 Å². The average molecular weight is 487 g/mol. The van der Waals surface area contributed by atoms with Crippen LogP contribution in [-0.2, 0) is 11.3 Å². The first kappa shape index (κ1) is 23.3. The van der Waals surface area contributed by atoms with Crippen LogP contribution in [-0.4, -0.2) is 64.8 Å². The van der Waals surface area contributed by atoms with Crippen molar-refractivity contribution in [2.24, 2.45) is 11.8 Å². The summed E-state index contributed by atoms with van der Waals surface area (Å²) in [4.78, 5) is 6.24. The third kappa shape index (κ3) is 4.83. The van der Waals surface area contributed by atoms with Gasteiger partial charge in [0.2, 0.25) is 0 Å². The van der Waals surface area contributed by atoms with Gasteiger partial charge in [-0.05, 0) is 43.2 Å². The van der Waals surface area contributed by atoms with E-state index in [1.807, 2.05) is 0 Å². The van der Waals surface area contributed by atoms with Gasteiger partial charge in [-0.2, -0.15) is 5.10 Å². The van der Waals surface area contributed by atoms with Crippen LogP contribution in [0.1, 0.15) is 30.9 Å². The molecule has 5 rings (SSSR count). The van der Waals surface area contributed by atoms with Crippen molar-refractivity contribution in [3.63, 3.8) is 0 Å². The molecule has 3 fully saturated rings. The zero-order valence-electron chi connectivity index (χ0n) is 18.3. The fourth-order valence-electron chi connectivity index (χ4n) is 5.60. The molecule has 12 heteroatoms. The molecule has 2 N–H and O–H groups in total. The number of hydrogen-bond donors (Lipinski definition) is 1. The fraction of sp³-hybridized carbons (Fsp3) is 0.636. The summed E-state index contributed by atoms with van der Waals surface area (Å²) in [6.45, 7) is 2.86. The number of aromatic nitrogens is 3. The Hall–Kier alpha value is -2.47. The number of halogens is 5. The first-order valence-corrected chi connectivity index (χ1v) is 11.4. The summed E-state index contributed by atoms with van der Waals surface area (Å²) < 4.78 is 75.4. The van der Waals surface area contributed by atoms with E-state index in [1.165, 1.54) is 10.9 Å². The van der Waals surface area contributed by atoms with Gasteiger partial charge in [-0.15, -0.1) is 13.2 Å². The fourth-order valence-corrected chi connectivity index (χ4v) is 5.60. The second-order valence-electron chi connectivity index (χ2n) is 9.16. The number of anilines is 1. The maximum Gasteiger partial charge on any atom is 0.573 e. The molecule has 2 saturated carbocycles. The summed E-state index contributed by atoms with van der Waals surface area (Å²) in [7, 11) is 0. The molecule has 3 heterocycles. The number of ether oxygens (including phenoxy) is 2. The third-order valence-corrected chi connectivity index (χ3v) is 7.06. The van der Waals surface area contributed by atoms with E-state index in [-0.39, 0.29) is 17.2 Å². The number of pyridine rings is 1. The van der Waals surface area contributed by atoms with Gasteiger partial charge in [0.05, 0.1) is 12.3 Å². The van der Waals surface area contributed by atoms with Crippen molar-refractivity contribution in [3.8, 4) is 17.0 Å². The molecular formula is C22H26F5N5O2. The van der Waals surface area contributed by atoms with Crippen molar-refractivity contribution in [2.45, 2.75) is 50.6 Å². The van der Waals surface area contributed by atoms with Crippen LogP contribution in [0, 0.1) is 11.8 Å². The summed E-state index contributed by atoms with van der Waals surface area (Å²) in [5.74, 6) is -0.169. The van der Waals surface area contributed by atoms with Crippen LogP contribution in [0.4, 0.5) is 27.8 Å². The van der Waals surface area contributed by atoms with Crippen LogP contribution in [0.3, 0.4) is 0 Å². The second-order valence-corrected chi connectivity index (χ2v) is 9.16. The topological polar surface area (TPSA) is 78.4 Å². The van der Waals surface area contributed by atoms with Crippen LogP contribution >= 0.6 is 0 Å². The number of fused-ring (bicyclic) bond motifs is 1. The largest absolute Gasteiger partial charge is 0.573 e. The van der Waals surface area contributed by atoms with E-state index in [1.54, 1.807) is 6.07 Å². The van der Waals surface area contributed by atoms with Crippen LogP contribution in [0.15, 0.2) is 18.3 Å². The Bertz CT molecular complexity index is 1010. The summed E-state index contributed by atoms with van der Waals surface area (Å²) in [5.41, 5.74) is 6.68. The average Bonchev–Trinajstić information content (AvgIpc) is 3.14. The molecule has 2 aromatic heterocycles. The Balaban J connectivity index is 1.36. The highest BCUT2D eigenvalue weighted by molar-refractivity contribution is 5.64. The van der Waals surface area contributed by atoms with Crippen LogP contribution in [0.2, 0.25) is 0 Å². The Morgan fingerprint density at radius 1 is 1.15 bits per heavy atom. The molecule has 34 heavy (non-hydrogen) atoms. The Labute approximate surface area is 193 Å². The van der Waals surface area contributed by atoms with Crippen molar-refractivity contribution in [3.05, 3.63) is 24.0 Å². The highest BCUT2D eigenvalue weighted by Gasteiger charge is 2.58. The summed E-state index contributed by atoms with van der Waals surface area (Å²) in [6.07, 6.45) is -3.27. The summed E-state index contributed by atoms with van der Waals surface area (Å²) in [6, 6.07) is 3.24. The number of nitrogen functional groups attached to an aromatic ring is 1. The monoisotopic (exact) mass is 487 g/mol. The molecule has 3 aliphatic rings. The van der Waals surface area contributed by atoms with Crippen LogP contribution in [0.25, 0.3) is 11.3 Å². The van der Waals surface area contributed by atoms with Gasteiger partial charge in [-0.1, -0.05) is 0 Å². The van der Waals surface area contributed by atoms with Crippen molar-refractivity contribution in [1.82, 2.24) is 19.7 Å². The minimum absolute atomic E-state index is 0.118. The van der Waals surface area contributed by atoms with Crippen molar-refractivity contribution in [1.29, 1.82) is 0 Å². The van der Waals surface area contributed by atoms with E-state index in [4.69, 9.17) is 10.5 Å². The first-order chi connectivity index (χ1) is 16.2. The van der Waals surface area contributed by atoms with E-state index >= 15 is 0 Å². The Morgan fingerprint density at radius 3 is 2.62 bits per heavy atom. The molecule has 0 radical (unpaired) electrons. The summed E-state index contributed by atoms with van der Waals surface area (Å²) in [5, 5.41) is 4.29. The number of alkyl halides is 5. The maximum atomic E-state index is 13.3. The van der Waals surface area contributed by atoms with E-state index in [2.05, 4.69) is 19.7 Å². The van der Waals surface area contributed by atoms with Gasteiger partial charge < -0.3 is 15.2 Å². The predicted octanol–water partition coefficient (Wildman–Crippen LogP) is 3.91. The SMILES string of the molecule is Nc1ncc(-c2cc([C@H]3[C@@H]4C[C@@H](N5CCCOCC5)C[C@@H]43)n(CC(F)F)n2)cc1OC(F)(F)F. The number of nitrogens with zero attached hydrogens (tertiary/aromatic N) is 4. The van der Waals surface area contributed by atoms with Gasteiger partial charge in [-0.25, -0.2) is 13.8 Å². The molecule has 186 valence electrons. The molecule has 4 atom stereocenters. The van der Waals surface area contributed by atoms with E-state index < -0.39 is 30.9 Å². The number of hydrogen-bond acceptors (Lipinski definition) is 6. The molecule has 0 aromatic carbocycles. The minimum Gasteiger partial charge on any atom is -0.402 e. The Morgan fingerprint density at radius 2 is 1.91 bits per heavy atom. The molecule has 7 nitrogen and oxygen atoms in total. The second kappa shape index (κ2) is 8.95. The lowest BCUT2D eigenvalue weighted by molar-refractivity contribution is -0.274. The van der Waals surface area contributed by atoms with E-state index in [0.29, 0.717) is 23.6 Å².